The molecule has 1 aromatic heterocycles. The number of aliphatic hydroxyl groups is 1. The lowest BCUT2D eigenvalue weighted by atomic mass is 10.1. The Morgan fingerprint density at radius 3 is 2.48 bits per heavy atom. The van der Waals surface area contributed by atoms with E-state index in [0.29, 0.717) is 13.0 Å². The lowest BCUT2D eigenvalue weighted by Gasteiger charge is -2.06. The maximum absolute atomic E-state index is 11.8. The van der Waals surface area contributed by atoms with E-state index in [0.717, 1.165) is 11.1 Å². The first-order valence-electron chi connectivity index (χ1n) is 6.56. The molecule has 0 bridgehead atoms. The van der Waals surface area contributed by atoms with Gasteiger partial charge in [-0.15, -0.1) is 0 Å². The quantitative estimate of drug-likeness (QED) is 0.652. The van der Waals surface area contributed by atoms with E-state index >= 15 is 0 Å². The minimum absolute atomic E-state index is 0.0525. The first-order chi connectivity index (χ1) is 10.1. The van der Waals surface area contributed by atoms with Crippen molar-refractivity contribution in [2.24, 2.45) is 7.05 Å². The van der Waals surface area contributed by atoms with Crippen molar-refractivity contribution >= 4 is 0 Å². The molecule has 0 radical (unpaired) electrons. The second kappa shape index (κ2) is 6.73. The van der Waals surface area contributed by atoms with Crippen molar-refractivity contribution in [3.05, 3.63) is 68.5 Å². The molecule has 1 aromatic carbocycles. The van der Waals surface area contributed by atoms with Crippen LogP contribution in [-0.4, -0.2) is 20.8 Å². The van der Waals surface area contributed by atoms with E-state index in [1.807, 2.05) is 24.3 Å². The molecule has 2 rings (SSSR count). The Morgan fingerprint density at radius 1 is 1.10 bits per heavy atom. The highest BCUT2D eigenvalue weighted by Gasteiger charge is 2.03. The molecule has 0 aliphatic carbocycles. The summed E-state index contributed by atoms with van der Waals surface area (Å²) in [5.74, 6) is 5.78. The van der Waals surface area contributed by atoms with Gasteiger partial charge in [0.05, 0.1) is 13.2 Å². The molecule has 21 heavy (non-hydrogen) atoms. The van der Waals surface area contributed by atoms with Crippen LogP contribution >= 0.6 is 0 Å². The van der Waals surface area contributed by atoms with Crippen LogP contribution in [0.3, 0.4) is 0 Å². The maximum Gasteiger partial charge on any atom is 0.316 e. The molecule has 0 saturated carbocycles. The van der Waals surface area contributed by atoms with Crippen LogP contribution < -0.4 is 11.1 Å². The van der Waals surface area contributed by atoms with Gasteiger partial charge < -0.3 is 14.2 Å². The van der Waals surface area contributed by atoms with Crippen LogP contribution in [0.25, 0.3) is 0 Å². The van der Waals surface area contributed by atoms with Crippen molar-refractivity contribution in [2.75, 3.05) is 6.61 Å². The monoisotopic (exact) mass is 284 g/mol. The molecule has 0 fully saturated rings. The molecule has 1 heterocycles. The molecule has 0 saturated heterocycles. The van der Waals surface area contributed by atoms with E-state index in [1.165, 1.54) is 9.13 Å². The van der Waals surface area contributed by atoms with Crippen molar-refractivity contribution in [2.45, 2.75) is 13.0 Å². The van der Waals surface area contributed by atoms with Gasteiger partial charge in [-0.1, -0.05) is 24.0 Å². The van der Waals surface area contributed by atoms with E-state index in [2.05, 4.69) is 11.8 Å². The molecule has 1 N–H and O–H groups in total. The van der Waals surface area contributed by atoms with Crippen molar-refractivity contribution in [1.82, 2.24) is 9.13 Å². The van der Waals surface area contributed by atoms with E-state index in [4.69, 9.17) is 5.11 Å². The third-order valence-electron chi connectivity index (χ3n) is 3.01. The second-order valence-corrected chi connectivity index (χ2v) is 4.62. The highest BCUT2D eigenvalue weighted by Crippen LogP contribution is 2.04. The van der Waals surface area contributed by atoms with Crippen molar-refractivity contribution in [3.63, 3.8) is 0 Å². The van der Waals surface area contributed by atoms with Crippen LogP contribution in [-0.2, 0) is 13.6 Å². The fourth-order valence-electron chi connectivity index (χ4n) is 1.82. The predicted molar refractivity (Wildman–Crippen MR) is 80.1 cm³/mol. The fraction of sp³-hybridized carbons (Fsp3) is 0.250. The van der Waals surface area contributed by atoms with Crippen LogP contribution in [0.15, 0.2) is 46.2 Å². The first-order valence-corrected chi connectivity index (χ1v) is 6.56. The lowest BCUT2D eigenvalue weighted by Crippen LogP contribution is -2.39. The van der Waals surface area contributed by atoms with Gasteiger partial charge in [-0.25, -0.2) is 0 Å². The normalized spacial score (nSPS) is 10.0. The minimum atomic E-state index is -0.538. The zero-order valence-corrected chi connectivity index (χ0v) is 11.7. The first kappa shape index (κ1) is 14.8. The molecular formula is C16H16N2O3. The number of nitrogens with zero attached hydrogens (tertiary/aromatic N) is 2. The highest BCUT2D eigenvalue weighted by molar-refractivity contribution is 5.36. The summed E-state index contributed by atoms with van der Waals surface area (Å²) in [5.41, 5.74) is 0.692. The zero-order chi connectivity index (χ0) is 15.2. The van der Waals surface area contributed by atoms with Gasteiger partial charge in [0.1, 0.15) is 0 Å². The summed E-state index contributed by atoms with van der Waals surface area (Å²) >= 11 is 0. The van der Waals surface area contributed by atoms with Gasteiger partial charge in [0, 0.05) is 31.4 Å². The van der Waals surface area contributed by atoms with Crippen molar-refractivity contribution in [3.8, 4) is 11.8 Å². The Labute approximate surface area is 122 Å². The third kappa shape index (κ3) is 3.71. The molecule has 2 aromatic rings. The van der Waals surface area contributed by atoms with Gasteiger partial charge >= 0.3 is 11.1 Å². The second-order valence-electron chi connectivity index (χ2n) is 4.62. The van der Waals surface area contributed by atoms with Crippen molar-refractivity contribution in [1.29, 1.82) is 0 Å². The Hall–Kier alpha value is -2.58. The summed E-state index contributed by atoms with van der Waals surface area (Å²) in [6.07, 6.45) is 3.61. The molecule has 0 unspecified atom stereocenters. The summed E-state index contributed by atoms with van der Waals surface area (Å²) in [6.45, 7) is 0.399. The maximum atomic E-state index is 11.8. The summed E-state index contributed by atoms with van der Waals surface area (Å²) in [4.78, 5) is 23.4. The minimum Gasteiger partial charge on any atom is -0.395 e. The fourth-order valence-corrected chi connectivity index (χ4v) is 1.82. The number of aryl methyl sites for hydroxylation is 1. The number of benzene rings is 1. The molecule has 0 amide bonds. The average molecular weight is 284 g/mol. The number of aromatic nitrogens is 2. The number of hydrogen-bond acceptors (Lipinski definition) is 3. The Balaban J connectivity index is 2.18. The van der Waals surface area contributed by atoms with E-state index < -0.39 is 11.1 Å². The summed E-state index contributed by atoms with van der Waals surface area (Å²) in [6, 6.07) is 7.44. The van der Waals surface area contributed by atoms with Gasteiger partial charge in [0.15, 0.2) is 0 Å². The van der Waals surface area contributed by atoms with E-state index in [-0.39, 0.29) is 6.61 Å². The van der Waals surface area contributed by atoms with Gasteiger partial charge in [0.25, 0.3) is 0 Å². The predicted octanol–water partition coefficient (Wildman–Crippen LogP) is 0.329. The van der Waals surface area contributed by atoms with E-state index in [1.54, 1.807) is 19.4 Å². The smallest absolute Gasteiger partial charge is 0.316 e. The highest BCUT2D eigenvalue weighted by atomic mass is 16.2. The lowest BCUT2D eigenvalue weighted by molar-refractivity contribution is 0.305. The Bertz CT molecular complexity index is 789. The van der Waals surface area contributed by atoms with Gasteiger partial charge in [0.2, 0.25) is 0 Å². The largest absolute Gasteiger partial charge is 0.395 e. The summed E-state index contributed by atoms with van der Waals surface area (Å²) in [7, 11) is 1.55. The zero-order valence-electron chi connectivity index (χ0n) is 11.7. The Kier molecular flexibility index (Phi) is 4.75. The molecule has 0 atom stereocenters. The van der Waals surface area contributed by atoms with Crippen molar-refractivity contribution < 1.29 is 5.11 Å². The molecule has 5 heteroatoms. The summed E-state index contributed by atoms with van der Waals surface area (Å²) < 4.78 is 2.65. The Morgan fingerprint density at radius 2 is 1.81 bits per heavy atom. The number of aliphatic hydroxyl groups excluding tert-OH is 1. The van der Waals surface area contributed by atoms with Gasteiger partial charge in [-0.3, -0.25) is 9.59 Å². The average Bonchev–Trinajstić information content (AvgIpc) is 2.50. The molecule has 5 nitrogen and oxygen atoms in total. The van der Waals surface area contributed by atoms with Gasteiger partial charge in [-0.05, 0) is 17.7 Å². The van der Waals surface area contributed by atoms with Crippen LogP contribution in [0, 0.1) is 11.8 Å². The van der Waals surface area contributed by atoms with Crippen LogP contribution in [0.4, 0.5) is 0 Å². The molecule has 0 aliphatic rings. The van der Waals surface area contributed by atoms with Crippen LogP contribution in [0.2, 0.25) is 0 Å². The molecule has 108 valence electrons. The SMILES string of the molecule is Cn1ccn(Cc2ccc(C#CCCO)cc2)c(=O)c1=O. The molecular weight excluding hydrogens is 268 g/mol. The van der Waals surface area contributed by atoms with E-state index in [9.17, 15) is 9.59 Å². The number of hydrogen-bond donors (Lipinski definition) is 1. The van der Waals surface area contributed by atoms with Gasteiger partial charge in [-0.2, -0.15) is 0 Å². The number of rotatable bonds is 3. The summed E-state index contributed by atoms with van der Waals surface area (Å²) in [5, 5.41) is 8.66. The molecule has 0 spiro atoms. The standard InChI is InChI=1S/C16H16N2O3/c1-17-9-10-18(16(21)15(17)20)12-14-7-5-13(6-8-14)4-2-3-11-19/h5-10,19H,3,11-12H2,1H3. The third-order valence-corrected chi connectivity index (χ3v) is 3.01. The van der Waals surface area contributed by atoms with Crippen LogP contribution in [0.1, 0.15) is 17.5 Å². The molecule has 0 aliphatic heterocycles. The topological polar surface area (TPSA) is 64.2 Å². The van der Waals surface area contributed by atoms with Crippen LogP contribution in [0.5, 0.6) is 0 Å².